The molecule has 1 amide bonds. The number of methoxy groups -OCH3 is 1. The number of rotatable bonds is 4. The molecule has 0 unspecified atom stereocenters. The molecule has 0 aromatic heterocycles. The predicted octanol–water partition coefficient (Wildman–Crippen LogP) is 3.84. The third-order valence-corrected chi connectivity index (χ3v) is 3.84. The van der Waals surface area contributed by atoms with Gasteiger partial charge in [-0.05, 0) is 67.0 Å². The van der Waals surface area contributed by atoms with Crippen LogP contribution in [0, 0.1) is 13.8 Å². The molecule has 0 saturated heterocycles. The minimum Gasteiger partial charge on any atom is -0.497 e. The van der Waals surface area contributed by atoms with Gasteiger partial charge in [-0.1, -0.05) is 24.3 Å². The van der Waals surface area contributed by atoms with Crippen molar-refractivity contribution in [3.8, 4) is 5.75 Å². The second-order valence-corrected chi connectivity index (χ2v) is 5.71. The first kappa shape index (κ1) is 17.7. The van der Waals surface area contributed by atoms with E-state index >= 15 is 0 Å². The van der Waals surface area contributed by atoms with Crippen molar-refractivity contribution in [2.75, 3.05) is 12.4 Å². The minimum absolute atomic E-state index is 0.271. The quantitative estimate of drug-likeness (QED) is 0.656. The van der Waals surface area contributed by atoms with Gasteiger partial charge in [-0.15, -0.1) is 0 Å². The van der Waals surface area contributed by atoms with Crippen molar-refractivity contribution in [2.45, 2.75) is 13.8 Å². The Balaban J connectivity index is 1.92. The number of ether oxygens (including phenoxy) is 1. The number of nitrogens with one attached hydrogen (secondary N) is 2. The highest BCUT2D eigenvalue weighted by Crippen LogP contribution is 2.17. The zero-order valence-electron chi connectivity index (χ0n) is 13.9. The summed E-state index contributed by atoms with van der Waals surface area (Å²) in [6.07, 6.45) is 3.16. The lowest BCUT2D eigenvalue weighted by Crippen LogP contribution is -2.33. The Bertz CT molecular complexity index is 767. The number of hydrogen-bond acceptors (Lipinski definition) is 3. The average molecular weight is 340 g/mol. The Kier molecular flexibility index (Phi) is 6.09. The van der Waals surface area contributed by atoms with Gasteiger partial charge < -0.3 is 10.1 Å². The normalized spacial score (nSPS) is 10.5. The van der Waals surface area contributed by atoms with E-state index in [1.807, 2.05) is 56.3 Å². The van der Waals surface area contributed by atoms with Gasteiger partial charge in [0.1, 0.15) is 5.75 Å². The summed E-state index contributed by atoms with van der Waals surface area (Å²) in [5, 5.41) is 5.95. The van der Waals surface area contributed by atoms with E-state index in [1.54, 1.807) is 13.2 Å². The molecule has 0 aliphatic heterocycles. The fourth-order valence-electron chi connectivity index (χ4n) is 2.08. The summed E-state index contributed by atoms with van der Waals surface area (Å²) in [4.78, 5) is 11.9. The topological polar surface area (TPSA) is 50.4 Å². The lowest BCUT2D eigenvalue weighted by atomic mass is 10.1. The Morgan fingerprint density at radius 3 is 2.50 bits per heavy atom. The van der Waals surface area contributed by atoms with Crippen LogP contribution < -0.4 is 15.4 Å². The number of carbonyl (C=O) groups is 1. The van der Waals surface area contributed by atoms with E-state index in [2.05, 4.69) is 10.6 Å². The summed E-state index contributed by atoms with van der Waals surface area (Å²) < 4.78 is 5.09. The number of amides is 1. The Hall–Kier alpha value is -2.66. The van der Waals surface area contributed by atoms with Crippen LogP contribution >= 0.6 is 12.2 Å². The molecule has 124 valence electrons. The van der Waals surface area contributed by atoms with Crippen LogP contribution in [0.25, 0.3) is 6.08 Å². The van der Waals surface area contributed by atoms with Gasteiger partial charge in [0, 0.05) is 11.8 Å². The molecular weight excluding hydrogens is 320 g/mol. The van der Waals surface area contributed by atoms with Gasteiger partial charge in [0.15, 0.2) is 5.11 Å². The monoisotopic (exact) mass is 340 g/mol. The maximum Gasteiger partial charge on any atom is 0.250 e. The molecule has 2 rings (SSSR count). The third kappa shape index (κ3) is 4.93. The summed E-state index contributed by atoms with van der Waals surface area (Å²) in [6.45, 7) is 4.03. The largest absolute Gasteiger partial charge is 0.497 e. The van der Waals surface area contributed by atoms with Crippen molar-refractivity contribution in [1.82, 2.24) is 5.32 Å². The van der Waals surface area contributed by atoms with E-state index in [9.17, 15) is 4.79 Å². The molecule has 0 spiro atoms. The van der Waals surface area contributed by atoms with Gasteiger partial charge in [0.25, 0.3) is 0 Å². The summed E-state index contributed by atoms with van der Waals surface area (Å²) in [5.41, 5.74) is 4.05. The van der Waals surface area contributed by atoms with Crippen molar-refractivity contribution in [1.29, 1.82) is 0 Å². The first-order valence-corrected chi connectivity index (χ1v) is 7.90. The van der Waals surface area contributed by atoms with Gasteiger partial charge >= 0.3 is 0 Å². The number of aryl methyl sites for hydroxylation is 1. The maximum absolute atomic E-state index is 11.9. The Labute approximate surface area is 147 Å². The molecule has 0 bridgehead atoms. The molecule has 0 aliphatic carbocycles. The molecule has 0 saturated carbocycles. The first-order chi connectivity index (χ1) is 11.5. The van der Waals surface area contributed by atoms with E-state index < -0.39 is 0 Å². The molecule has 0 heterocycles. The molecule has 0 aliphatic rings. The predicted molar refractivity (Wildman–Crippen MR) is 102 cm³/mol. The van der Waals surface area contributed by atoms with E-state index in [0.29, 0.717) is 0 Å². The molecule has 0 radical (unpaired) electrons. The molecule has 0 atom stereocenters. The van der Waals surface area contributed by atoms with Gasteiger partial charge in [-0.25, -0.2) is 0 Å². The Morgan fingerprint density at radius 1 is 1.12 bits per heavy atom. The van der Waals surface area contributed by atoms with Gasteiger partial charge in [0.2, 0.25) is 5.91 Å². The first-order valence-electron chi connectivity index (χ1n) is 7.50. The smallest absolute Gasteiger partial charge is 0.250 e. The van der Waals surface area contributed by atoms with E-state index in [0.717, 1.165) is 28.1 Å². The number of hydrogen-bond donors (Lipinski definition) is 2. The molecule has 4 nitrogen and oxygen atoms in total. The lowest BCUT2D eigenvalue weighted by molar-refractivity contribution is -0.115. The van der Waals surface area contributed by atoms with Crippen LogP contribution in [0.3, 0.4) is 0 Å². The number of thiocarbonyl (C=S) groups is 1. The molecule has 2 aromatic rings. The van der Waals surface area contributed by atoms with Crippen molar-refractivity contribution in [3.63, 3.8) is 0 Å². The van der Waals surface area contributed by atoms with Crippen LogP contribution in [0.5, 0.6) is 5.75 Å². The number of anilines is 1. The number of benzene rings is 2. The molecule has 2 N–H and O–H groups in total. The molecule has 0 fully saturated rings. The summed E-state index contributed by atoms with van der Waals surface area (Å²) in [5.74, 6) is 0.490. The van der Waals surface area contributed by atoms with Crippen LogP contribution in [-0.2, 0) is 4.79 Å². The average Bonchev–Trinajstić information content (AvgIpc) is 2.57. The molecular formula is C19H20N2O2S. The van der Waals surface area contributed by atoms with Gasteiger partial charge in [-0.3, -0.25) is 10.1 Å². The third-order valence-electron chi connectivity index (χ3n) is 3.63. The van der Waals surface area contributed by atoms with E-state index in [-0.39, 0.29) is 11.0 Å². The van der Waals surface area contributed by atoms with Crippen molar-refractivity contribution < 1.29 is 9.53 Å². The summed E-state index contributed by atoms with van der Waals surface area (Å²) in [6, 6.07) is 13.3. The minimum atomic E-state index is -0.284. The van der Waals surface area contributed by atoms with Gasteiger partial charge in [-0.2, -0.15) is 0 Å². The van der Waals surface area contributed by atoms with Crippen molar-refractivity contribution in [2.24, 2.45) is 0 Å². The zero-order valence-corrected chi connectivity index (χ0v) is 14.7. The second-order valence-electron chi connectivity index (χ2n) is 5.30. The summed E-state index contributed by atoms with van der Waals surface area (Å²) in [7, 11) is 1.61. The van der Waals surface area contributed by atoms with Crippen LogP contribution in [0.2, 0.25) is 0 Å². The van der Waals surface area contributed by atoms with Crippen LogP contribution in [-0.4, -0.2) is 18.1 Å². The van der Waals surface area contributed by atoms with Crippen LogP contribution in [0.15, 0.2) is 48.5 Å². The highest BCUT2D eigenvalue weighted by atomic mass is 32.1. The fourth-order valence-corrected chi connectivity index (χ4v) is 2.29. The number of carbonyl (C=O) groups excluding carboxylic acids is 1. The molecule has 5 heteroatoms. The maximum atomic E-state index is 11.9. The van der Waals surface area contributed by atoms with Gasteiger partial charge in [0.05, 0.1) is 7.11 Å². The van der Waals surface area contributed by atoms with Crippen LogP contribution in [0.4, 0.5) is 5.69 Å². The highest BCUT2D eigenvalue weighted by Gasteiger charge is 2.05. The van der Waals surface area contributed by atoms with E-state index in [1.165, 1.54) is 6.08 Å². The van der Waals surface area contributed by atoms with Crippen molar-refractivity contribution >= 4 is 35.0 Å². The fraction of sp³-hybridized carbons (Fsp3) is 0.158. The summed E-state index contributed by atoms with van der Waals surface area (Å²) >= 11 is 5.19. The SMILES string of the molecule is COc1ccc(/C=C\C(=O)NC(=S)Nc2cccc(C)c2C)cc1. The lowest BCUT2D eigenvalue weighted by Gasteiger charge is -2.12. The zero-order chi connectivity index (χ0) is 17.5. The van der Waals surface area contributed by atoms with Crippen molar-refractivity contribution in [3.05, 3.63) is 65.2 Å². The molecule has 2 aromatic carbocycles. The second kappa shape index (κ2) is 8.26. The van der Waals surface area contributed by atoms with Crippen LogP contribution in [0.1, 0.15) is 16.7 Å². The standard InChI is InChI=1S/C19H20N2O2S/c1-13-5-4-6-17(14(13)2)20-19(24)21-18(22)12-9-15-7-10-16(23-3)11-8-15/h4-12H,1-3H3,(H2,20,21,22,24)/b12-9-. The van der Waals surface area contributed by atoms with E-state index in [4.69, 9.17) is 17.0 Å². The molecule has 24 heavy (non-hydrogen) atoms. The Morgan fingerprint density at radius 2 is 1.83 bits per heavy atom. The highest BCUT2D eigenvalue weighted by molar-refractivity contribution is 7.80.